The van der Waals surface area contributed by atoms with E-state index in [-0.39, 0.29) is 12.5 Å². The van der Waals surface area contributed by atoms with Gasteiger partial charge in [0.15, 0.2) is 0 Å². The fraction of sp³-hybridized carbons (Fsp3) is 0.250. The highest BCUT2D eigenvalue weighted by molar-refractivity contribution is 5.91. The van der Waals surface area contributed by atoms with E-state index < -0.39 is 6.10 Å². The molecule has 0 heterocycles. The van der Waals surface area contributed by atoms with E-state index in [4.69, 9.17) is 5.11 Å². The van der Waals surface area contributed by atoms with Gasteiger partial charge in [-0.25, -0.2) is 0 Å². The molecule has 1 atom stereocenters. The zero-order valence-electron chi connectivity index (χ0n) is 8.68. The average Bonchev–Trinajstić information content (AvgIpc) is 2.25. The van der Waals surface area contributed by atoms with Gasteiger partial charge in [0, 0.05) is 12.6 Å². The molecule has 1 aromatic carbocycles. The maximum atomic E-state index is 11.2. The van der Waals surface area contributed by atoms with Crippen molar-refractivity contribution in [3.8, 4) is 0 Å². The van der Waals surface area contributed by atoms with Gasteiger partial charge >= 0.3 is 0 Å². The van der Waals surface area contributed by atoms with Crippen LogP contribution in [-0.4, -0.2) is 23.7 Å². The fourth-order valence-corrected chi connectivity index (χ4v) is 1.04. The van der Waals surface area contributed by atoms with Gasteiger partial charge < -0.3 is 10.4 Å². The molecule has 0 saturated carbocycles. The zero-order chi connectivity index (χ0) is 11.1. The number of amides is 1. The van der Waals surface area contributed by atoms with E-state index in [0.717, 1.165) is 5.56 Å². The molecule has 0 aliphatic heterocycles. The van der Waals surface area contributed by atoms with E-state index in [2.05, 4.69) is 5.32 Å². The molecule has 15 heavy (non-hydrogen) atoms. The molecule has 0 fully saturated rings. The Morgan fingerprint density at radius 3 is 2.73 bits per heavy atom. The van der Waals surface area contributed by atoms with E-state index >= 15 is 0 Å². The van der Waals surface area contributed by atoms with Crippen LogP contribution in [0.3, 0.4) is 0 Å². The Morgan fingerprint density at radius 1 is 1.47 bits per heavy atom. The van der Waals surface area contributed by atoms with Crippen LogP contribution in [0.1, 0.15) is 12.5 Å². The summed E-state index contributed by atoms with van der Waals surface area (Å²) < 4.78 is 0. The third-order valence-electron chi connectivity index (χ3n) is 1.80. The first-order valence-corrected chi connectivity index (χ1v) is 4.87. The molecule has 2 N–H and O–H groups in total. The Balaban J connectivity index is 2.41. The number of carbonyl (C=O) groups excluding carboxylic acids is 1. The average molecular weight is 205 g/mol. The maximum absolute atomic E-state index is 11.2. The van der Waals surface area contributed by atoms with Crippen molar-refractivity contribution < 1.29 is 9.90 Å². The van der Waals surface area contributed by atoms with Crippen molar-refractivity contribution in [2.45, 2.75) is 13.0 Å². The minimum absolute atomic E-state index is 0.195. The van der Waals surface area contributed by atoms with Gasteiger partial charge in [-0.1, -0.05) is 30.3 Å². The Kier molecular flexibility index (Phi) is 4.57. The number of nitrogens with one attached hydrogen (secondary N) is 1. The second-order valence-corrected chi connectivity index (χ2v) is 3.34. The number of hydrogen-bond donors (Lipinski definition) is 2. The van der Waals surface area contributed by atoms with Gasteiger partial charge in [-0.05, 0) is 18.6 Å². The minimum atomic E-state index is -0.515. The van der Waals surface area contributed by atoms with Gasteiger partial charge in [-0.15, -0.1) is 0 Å². The lowest BCUT2D eigenvalue weighted by molar-refractivity contribution is -0.116. The first-order valence-electron chi connectivity index (χ1n) is 4.87. The standard InChI is InChI=1S/C12H15NO2/c1-10(14)9-13-12(15)8-7-11-5-3-2-4-6-11/h2-8,10,14H,9H2,1H3,(H,13,15)/b8-7+/t10-/m0/s1. The van der Waals surface area contributed by atoms with E-state index in [1.165, 1.54) is 6.08 Å². The molecule has 1 aromatic rings. The maximum Gasteiger partial charge on any atom is 0.244 e. The molecule has 0 radical (unpaired) electrons. The highest BCUT2D eigenvalue weighted by Crippen LogP contribution is 2.00. The molecular formula is C12H15NO2. The Morgan fingerprint density at radius 2 is 2.13 bits per heavy atom. The summed E-state index contributed by atoms with van der Waals surface area (Å²) in [6.07, 6.45) is 2.67. The lowest BCUT2D eigenvalue weighted by Gasteiger charge is -2.03. The number of aliphatic hydroxyl groups excluding tert-OH is 1. The Bertz CT molecular complexity index is 331. The third-order valence-corrected chi connectivity index (χ3v) is 1.80. The molecule has 0 spiro atoms. The quantitative estimate of drug-likeness (QED) is 0.725. The molecule has 0 saturated heterocycles. The number of hydrogen-bond acceptors (Lipinski definition) is 2. The molecular weight excluding hydrogens is 190 g/mol. The van der Waals surface area contributed by atoms with Crippen molar-refractivity contribution in [1.82, 2.24) is 5.32 Å². The lowest BCUT2D eigenvalue weighted by Crippen LogP contribution is -2.28. The van der Waals surface area contributed by atoms with Crippen LogP contribution in [0.4, 0.5) is 0 Å². The molecule has 0 unspecified atom stereocenters. The number of rotatable bonds is 4. The SMILES string of the molecule is C[C@H](O)CNC(=O)/C=C/c1ccccc1. The second kappa shape index (κ2) is 5.98. The summed E-state index contributed by atoms with van der Waals surface area (Å²) >= 11 is 0. The van der Waals surface area contributed by atoms with Crippen LogP contribution >= 0.6 is 0 Å². The summed E-state index contributed by atoms with van der Waals surface area (Å²) in [5.41, 5.74) is 0.977. The van der Waals surface area contributed by atoms with Crippen LogP contribution in [0.25, 0.3) is 6.08 Å². The van der Waals surface area contributed by atoms with Gasteiger partial charge in [0.1, 0.15) is 0 Å². The summed E-state index contributed by atoms with van der Waals surface area (Å²) in [4.78, 5) is 11.2. The Hall–Kier alpha value is -1.61. The first kappa shape index (κ1) is 11.5. The summed E-state index contributed by atoms with van der Waals surface area (Å²) in [5.74, 6) is -0.195. The Labute approximate surface area is 89.4 Å². The van der Waals surface area contributed by atoms with Gasteiger partial charge in [0.2, 0.25) is 5.91 Å². The summed E-state index contributed by atoms with van der Waals surface area (Å²) in [5, 5.41) is 11.5. The normalized spacial score (nSPS) is 12.7. The predicted octanol–water partition coefficient (Wildman–Crippen LogP) is 1.20. The van der Waals surface area contributed by atoms with E-state index in [9.17, 15) is 4.79 Å². The molecule has 3 nitrogen and oxygen atoms in total. The highest BCUT2D eigenvalue weighted by Gasteiger charge is 1.97. The van der Waals surface area contributed by atoms with Crippen molar-refractivity contribution in [2.24, 2.45) is 0 Å². The number of aliphatic hydroxyl groups is 1. The molecule has 80 valence electrons. The van der Waals surface area contributed by atoms with Gasteiger partial charge in [0.05, 0.1) is 6.10 Å². The van der Waals surface area contributed by atoms with Gasteiger partial charge in [-0.3, -0.25) is 4.79 Å². The molecule has 0 aliphatic carbocycles. The summed E-state index contributed by atoms with van der Waals surface area (Å²) in [6.45, 7) is 1.90. The summed E-state index contributed by atoms with van der Waals surface area (Å²) in [6, 6.07) is 9.57. The molecule has 1 amide bonds. The van der Waals surface area contributed by atoms with Gasteiger partial charge in [-0.2, -0.15) is 0 Å². The first-order chi connectivity index (χ1) is 7.18. The fourth-order valence-electron chi connectivity index (χ4n) is 1.04. The van der Waals surface area contributed by atoms with Crippen LogP contribution in [0.5, 0.6) is 0 Å². The molecule has 1 rings (SSSR count). The minimum Gasteiger partial charge on any atom is -0.392 e. The van der Waals surface area contributed by atoms with Crippen molar-refractivity contribution in [3.63, 3.8) is 0 Å². The van der Waals surface area contributed by atoms with Crippen molar-refractivity contribution in [3.05, 3.63) is 42.0 Å². The van der Waals surface area contributed by atoms with Crippen molar-refractivity contribution in [1.29, 1.82) is 0 Å². The van der Waals surface area contributed by atoms with Crippen LogP contribution in [-0.2, 0) is 4.79 Å². The monoisotopic (exact) mass is 205 g/mol. The molecule has 0 bridgehead atoms. The van der Waals surface area contributed by atoms with Crippen molar-refractivity contribution in [2.75, 3.05) is 6.54 Å². The largest absolute Gasteiger partial charge is 0.392 e. The lowest BCUT2D eigenvalue weighted by atomic mass is 10.2. The van der Waals surface area contributed by atoms with Crippen LogP contribution < -0.4 is 5.32 Å². The van der Waals surface area contributed by atoms with E-state index in [1.54, 1.807) is 13.0 Å². The van der Waals surface area contributed by atoms with Gasteiger partial charge in [0.25, 0.3) is 0 Å². The van der Waals surface area contributed by atoms with E-state index in [1.807, 2.05) is 30.3 Å². The summed E-state index contributed by atoms with van der Waals surface area (Å²) in [7, 11) is 0. The predicted molar refractivity (Wildman–Crippen MR) is 60.2 cm³/mol. The number of benzene rings is 1. The van der Waals surface area contributed by atoms with E-state index in [0.29, 0.717) is 0 Å². The smallest absolute Gasteiger partial charge is 0.244 e. The van der Waals surface area contributed by atoms with Crippen LogP contribution in [0.15, 0.2) is 36.4 Å². The second-order valence-electron chi connectivity index (χ2n) is 3.34. The molecule has 0 aliphatic rings. The van der Waals surface area contributed by atoms with Crippen molar-refractivity contribution >= 4 is 12.0 Å². The third kappa shape index (κ3) is 4.98. The highest BCUT2D eigenvalue weighted by atomic mass is 16.3. The topological polar surface area (TPSA) is 49.3 Å². The number of carbonyl (C=O) groups is 1. The van der Waals surface area contributed by atoms with Crippen LogP contribution in [0, 0.1) is 0 Å². The molecule has 0 aromatic heterocycles. The zero-order valence-corrected chi connectivity index (χ0v) is 8.68. The van der Waals surface area contributed by atoms with Crippen LogP contribution in [0.2, 0.25) is 0 Å². The molecule has 3 heteroatoms.